The summed E-state index contributed by atoms with van der Waals surface area (Å²) in [5.41, 5.74) is 4.23. The molecule has 1 nitrogen and oxygen atoms in total. The van der Waals surface area contributed by atoms with E-state index < -0.39 is 0 Å². The fourth-order valence-corrected chi connectivity index (χ4v) is 2.00. The number of nitrogens with one attached hydrogen (secondary N) is 1. The third kappa shape index (κ3) is 3.94. The molecule has 0 amide bonds. The fraction of sp³-hybridized carbons (Fsp3) is 0.333. The van der Waals surface area contributed by atoms with Crippen molar-refractivity contribution in [2.45, 2.75) is 32.6 Å². The number of hydrogen-bond acceptors (Lipinski definition) is 0. The van der Waals surface area contributed by atoms with Crippen LogP contribution in [0.1, 0.15) is 36.6 Å². The largest absolute Gasteiger partial charge is 0.364 e. The van der Waals surface area contributed by atoms with Gasteiger partial charge < -0.3 is 4.98 Å². The van der Waals surface area contributed by atoms with Crippen LogP contribution in [0.25, 0.3) is 0 Å². The third-order valence-corrected chi connectivity index (χ3v) is 2.95. The molecule has 1 heterocycles. The van der Waals surface area contributed by atoms with E-state index in [1.54, 1.807) is 0 Å². The minimum absolute atomic E-state index is 0. The smallest absolute Gasteiger partial charge is 0.0224 e. The number of benzene rings is 1. The van der Waals surface area contributed by atoms with Crippen molar-refractivity contribution in [1.82, 2.24) is 4.98 Å². The molecule has 0 spiro atoms. The summed E-state index contributed by atoms with van der Waals surface area (Å²) in [6.45, 7) is 2.24. The Labute approximate surface area is 110 Å². The highest BCUT2D eigenvalue weighted by atomic mass is 35.5. The van der Waals surface area contributed by atoms with E-state index in [2.05, 4.69) is 54.5 Å². The molecular formula is C15H20ClN. The lowest BCUT2D eigenvalue weighted by Gasteiger charge is -2.03. The molecular weight excluding hydrogens is 230 g/mol. The number of rotatable bonds is 5. The second-order valence-corrected chi connectivity index (χ2v) is 4.25. The van der Waals surface area contributed by atoms with Crippen molar-refractivity contribution >= 4 is 12.4 Å². The average Bonchev–Trinajstić information content (AvgIpc) is 2.75. The van der Waals surface area contributed by atoms with Gasteiger partial charge in [0.15, 0.2) is 0 Å². The van der Waals surface area contributed by atoms with E-state index in [1.165, 1.54) is 36.1 Å². The lowest BCUT2D eigenvalue weighted by Crippen LogP contribution is -1.93. The Morgan fingerprint density at radius 1 is 1.06 bits per heavy atom. The summed E-state index contributed by atoms with van der Waals surface area (Å²) in [7, 11) is 0. The SMILES string of the molecule is CCCCc1cc[nH]c1Cc1ccccc1.Cl. The van der Waals surface area contributed by atoms with Gasteiger partial charge in [0.1, 0.15) is 0 Å². The molecule has 0 aliphatic carbocycles. The standard InChI is InChI=1S/C15H19N.ClH/c1-2-3-9-14-10-11-16-15(14)12-13-7-5-4-6-8-13;/h4-8,10-11,16H,2-3,9,12H2,1H3;1H. The van der Waals surface area contributed by atoms with E-state index in [0.29, 0.717) is 0 Å². The Morgan fingerprint density at radius 3 is 2.53 bits per heavy atom. The topological polar surface area (TPSA) is 15.8 Å². The molecule has 1 aromatic carbocycles. The summed E-state index contributed by atoms with van der Waals surface area (Å²) in [5, 5.41) is 0. The van der Waals surface area contributed by atoms with Crippen molar-refractivity contribution in [2.75, 3.05) is 0 Å². The Bertz CT molecular complexity index is 419. The highest BCUT2D eigenvalue weighted by Gasteiger charge is 2.03. The zero-order valence-corrected chi connectivity index (χ0v) is 11.1. The number of aromatic amines is 1. The summed E-state index contributed by atoms with van der Waals surface area (Å²) >= 11 is 0. The third-order valence-electron chi connectivity index (χ3n) is 2.95. The average molecular weight is 250 g/mol. The van der Waals surface area contributed by atoms with Crippen LogP contribution in [-0.2, 0) is 12.8 Å². The Morgan fingerprint density at radius 2 is 1.82 bits per heavy atom. The van der Waals surface area contributed by atoms with Gasteiger partial charge in [-0.2, -0.15) is 0 Å². The number of hydrogen-bond donors (Lipinski definition) is 1. The monoisotopic (exact) mass is 249 g/mol. The zero-order valence-electron chi connectivity index (χ0n) is 10.3. The number of H-pyrrole nitrogens is 1. The second kappa shape index (κ2) is 7.18. The zero-order chi connectivity index (χ0) is 11.2. The summed E-state index contributed by atoms with van der Waals surface area (Å²) < 4.78 is 0. The predicted octanol–water partition coefficient (Wildman–Crippen LogP) is 4.37. The van der Waals surface area contributed by atoms with Gasteiger partial charge in [0.2, 0.25) is 0 Å². The number of aryl methyl sites for hydroxylation is 1. The maximum atomic E-state index is 3.36. The van der Waals surface area contributed by atoms with Crippen LogP contribution >= 0.6 is 12.4 Å². The van der Waals surface area contributed by atoms with Gasteiger partial charge in [0.05, 0.1) is 0 Å². The van der Waals surface area contributed by atoms with E-state index in [0.717, 1.165) is 6.42 Å². The van der Waals surface area contributed by atoms with Gasteiger partial charge in [-0.25, -0.2) is 0 Å². The van der Waals surface area contributed by atoms with Crippen LogP contribution in [-0.4, -0.2) is 4.98 Å². The summed E-state index contributed by atoms with van der Waals surface area (Å²) in [4.78, 5) is 3.36. The Kier molecular flexibility index (Phi) is 5.85. The van der Waals surface area contributed by atoms with Gasteiger partial charge in [0, 0.05) is 18.3 Å². The summed E-state index contributed by atoms with van der Waals surface area (Å²) in [6.07, 6.45) is 6.81. The molecule has 2 aromatic rings. The van der Waals surface area contributed by atoms with Crippen molar-refractivity contribution in [3.05, 3.63) is 59.4 Å². The molecule has 0 aliphatic rings. The molecule has 0 radical (unpaired) electrons. The van der Waals surface area contributed by atoms with Crippen molar-refractivity contribution in [2.24, 2.45) is 0 Å². The van der Waals surface area contributed by atoms with Crippen molar-refractivity contribution in [3.63, 3.8) is 0 Å². The minimum atomic E-state index is 0. The lowest BCUT2D eigenvalue weighted by atomic mass is 10.0. The van der Waals surface area contributed by atoms with Crippen LogP contribution < -0.4 is 0 Å². The molecule has 0 unspecified atom stereocenters. The summed E-state index contributed by atoms with van der Waals surface area (Å²) in [5.74, 6) is 0. The maximum absolute atomic E-state index is 3.36. The van der Waals surface area contributed by atoms with Gasteiger partial charge in [-0.3, -0.25) is 0 Å². The summed E-state index contributed by atoms with van der Waals surface area (Å²) in [6, 6.07) is 12.9. The Hall–Kier alpha value is -1.21. The molecule has 0 bridgehead atoms. The van der Waals surface area contributed by atoms with Crippen LogP contribution in [0.3, 0.4) is 0 Å². The highest BCUT2D eigenvalue weighted by molar-refractivity contribution is 5.85. The fourth-order valence-electron chi connectivity index (χ4n) is 2.00. The molecule has 0 fully saturated rings. The number of unbranched alkanes of at least 4 members (excludes halogenated alkanes) is 1. The molecule has 0 saturated carbocycles. The van der Waals surface area contributed by atoms with Crippen LogP contribution in [0.4, 0.5) is 0 Å². The molecule has 1 aromatic heterocycles. The minimum Gasteiger partial charge on any atom is -0.364 e. The lowest BCUT2D eigenvalue weighted by molar-refractivity contribution is 0.788. The van der Waals surface area contributed by atoms with Crippen LogP contribution in [0.2, 0.25) is 0 Å². The molecule has 2 rings (SSSR count). The van der Waals surface area contributed by atoms with Crippen molar-refractivity contribution < 1.29 is 0 Å². The Balaban J connectivity index is 0.00000144. The second-order valence-electron chi connectivity index (χ2n) is 4.25. The van der Waals surface area contributed by atoms with E-state index in [1.807, 2.05) is 0 Å². The first-order valence-corrected chi connectivity index (χ1v) is 6.09. The molecule has 0 aliphatic heterocycles. The van der Waals surface area contributed by atoms with Gasteiger partial charge in [-0.05, 0) is 30.0 Å². The van der Waals surface area contributed by atoms with Gasteiger partial charge in [-0.1, -0.05) is 43.7 Å². The van der Waals surface area contributed by atoms with Crippen molar-refractivity contribution in [1.29, 1.82) is 0 Å². The van der Waals surface area contributed by atoms with E-state index in [9.17, 15) is 0 Å². The van der Waals surface area contributed by atoms with Gasteiger partial charge >= 0.3 is 0 Å². The van der Waals surface area contributed by atoms with Gasteiger partial charge in [-0.15, -0.1) is 12.4 Å². The molecule has 0 saturated heterocycles. The molecule has 0 atom stereocenters. The van der Waals surface area contributed by atoms with Crippen molar-refractivity contribution in [3.8, 4) is 0 Å². The van der Waals surface area contributed by atoms with Crippen LogP contribution in [0.5, 0.6) is 0 Å². The number of halogens is 1. The number of aromatic nitrogens is 1. The highest BCUT2D eigenvalue weighted by Crippen LogP contribution is 2.15. The molecule has 17 heavy (non-hydrogen) atoms. The van der Waals surface area contributed by atoms with E-state index >= 15 is 0 Å². The quantitative estimate of drug-likeness (QED) is 0.810. The van der Waals surface area contributed by atoms with Gasteiger partial charge in [0.25, 0.3) is 0 Å². The van der Waals surface area contributed by atoms with Crippen LogP contribution in [0, 0.1) is 0 Å². The van der Waals surface area contributed by atoms with E-state index in [4.69, 9.17) is 0 Å². The maximum Gasteiger partial charge on any atom is 0.0224 e. The first-order valence-electron chi connectivity index (χ1n) is 6.09. The first-order chi connectivity index (χ1) is 7.90. The normalized spacial score (nSPS) is 9.94. The first kappa shape index (κ1) is 13.9. The van der Waals surface area contributed by atoms with Crippen LogP contribution in [0.15, 0.2) is 42.6 Å². The molecule has 1 N–H and O–H groups in total. The predicted molar refractivity (Wildman–Crippen MR) is 75.9 cm³/mol. The van der Waals surface area contributed by atoms with E-state index in [-0.39, 0.29) is 12.4 Å². The molecule has 2 heteroatoms. The molecule has 92 valence electrons.